The molecular weight excluding hydrogens is 256 g/mol. The SMILES string of the molecule is COc1cccc(C(=O)N2CCOC3CCCCC32)n1. The summed E-state index contributed by atoms with van der Waals surface area (Å²) in [5, 5.41) is 0. The average molecular weight is 276 g/mol. The predicted molar refractivity (Wildman–Crippen MR) is 73.8 cm³/mol. The highest BCUT2D eigenvalue weighted by Gasteiger charge is 2.37. The van der Waals surface area contributed by atoms with Crippen molar-refractivity contribution in [3.05, 3.63) is 23.9 Å². The van der Waals surface area contributed by atoms with E-state index in [0.29, 0.717) is 24.7 Å². The van der Waals surface area contributed by atoms with Crippen molar-refractivity contribution in [2.45, 2.75) is 37.8 Å². The number of nitrogens with zero attached hydrogens (tertiary/aromatic N) is 2. The Morgan fingerprint density at radius 2 is 2.25 bits per heavy atom. The highest BCUT2D eigenvalue weighted by molar-refractivity contribution is 5.92. The fraction of sp³-hybridized carbons (Fsp3) is 0.600. The van der Waals surface area contributed by atoms with E-state index in [0.717, 1.165) is 12.8 Å². The Labute approximate surface area is 118 Å². The molecule has 1 amide bonds. The van der Waals surface area contributed by atoms with Gasteiger partial charge in [-0.05, 0) is 18.9 Å². The number of hydrogen-bond donors (Lipinski definition) is 0. The van der Waals surface area contributed by atoms with E-state index in [-0.39, 0.29) is 18.1 Å². The monoisotopic (exact) mass is 276 g/mol. The molecule has 2 fully saturated rings. The molecule has 2 heterocycles. The third-order valence-corrected chi connectivity index (χ3v) is 4.14. The van der Waals surface area contributed by atoms with Crippen LogP contribution in [0.2, 0.25) is 0 Å². The van der Waals surface area contributed by atoms with Gasteiger partial charge in [0.1, 0.15) is 5.69 Å². The molecule has 2 unspecified atom stereocenters. The lowest BCUT2D eigenvalue weighted by atomic mass is 9.90. The molecule has 0 N–H and O–H groups in total. The minimum Gasteiger partial charge on any atom is -0.481 e. The van der Waals surface area contributed by atoms with Crippen molar-refractivity contribution in [3.8, 4) is 5.88 Å². The van der Waals surface area contributed by atoms with Gasteiger partial charge in [-0.3, -0.25) is 4.79 Å². The number of carbonyl (C=O) groups is 1. The summed E-state index contributed by atoms with van der Waals surface area (Å²) < 4.78 is 10.9. The quantitative estimate of drug-likeness (QED) is 0.827. The van der Waals surface area contributed by atoms with Crippen LogP contribution in [0.4, 0.5) is 0 Å². The zero-order valence-electron chi connectivity index (χ0n) is 11.7. The van der Waals surface area contributed by atoms with Crippen molar-refractivity contribution in [2.24, 2.45) is 0 Å². The number of pyridine rings is 1. The van der Waals surface area contributed by atoms with Gasteiger partial charge in [-0.15, -0.1) is 0 Å². The number of amides is 1. The van der Waals surface area contributed by atoms with Gasteiger partial charge < -0.3 is 14.4 Å². The fourth-order valence-electron chi connectivity index (χ4n) is 3.14. The summed E-state index contributed by atoms with van der Waals surface area (Å²) in [6.07, 6.45) is 4.65. The first kappa shape index (κ1) is 13.4. The molecule has 108 valence electrons. The van der Waals surface area contributed by atoms with Crippen LogP contribution in [0.15, 0.2) is 18.2 Å². The lowest BCUT2D eigenvalue weighted by Gasteiger charge is -2.43. The minimum absolute atomic E-state index is 0.0101. The Hall–Kier alpha value is -1.62. The van der Waals surface area contributed by atoms with Crippen molar-refractivity contribution in [2.75, 3.05) is 20.3 Å². The number of hydrogen-bond acceptors (Lipinski definition) is 4. The maximum Gasteiger partial charge on any atom is 0.273 e. The van der Waals surface area contributed by atoms with Crippen molar-refractivity contribution >= 4 is 5.91 Å². The lowest BCUT2D eigenvalue weighted by Crippen LogP contribution is -2.54. The van der Waals surface area contributed by atoms with Crippen molar-refractivity contribution in [1.29, 1.82) is 0 Å². The molecule has 0 aromatic carbocycles. The Morgan fingerprint density at radius 1 is 1.40 bits per heavy atom. The molecule has 2 aliphatic rings. The molecule has 5 nitrogen and oxygen atoms in total. The number of carbonyl (C=O) groups excluding carboxylic acids is 1. The van der Waals surface area contributed by atoms with Crippen LogP contribution in [-0.2, 0) is 4.74 Å². The van der Waals surface area contributed by atoms with Crippen LogP contribution in [0.1, 0.15) is 36.2 Å². The number of rotatable bonds is 2. The molecule has 0 bridgehead atoms. The standard InChI is InChI=1S/C15H20N2O3/c1-19-14-8-4-5-11(16-14)15(18)17-9-10-20-13-7-3-2-6-12(13)17/h4-5,8,12-13H,2-3,6-7,9-10H2,1H3. The summed E-state index contributed by atoms with van der Waals surface area (Å²) in [7, 11) is 1.56. The van der Waals surface area contributed by atoms with Crippen LogP contribution >= 0.6 is 0 Å². The summed E-state index contributed by atoms with van der Waals surface area (Å²) in [6, 6.07) is 5.51. The molecule has 1 aromatic heterocycles. The first-order valence-corrected chi connectivity index (χ1v) is 7.23. The van der Waals surface area contributed by atoms with Gasteiger partial charge in [-0.25, -0.2) is 4.98 Å². The molecule has 20 heavy (non-hydrogen) atoms. The molecule has 1 saturated heterocycles. The highest BCUT2D eigenvalue weighted by Crippen LogP contribution is 2.29. The summed E-state index contributed by atoms with van der Waals surface area (Å²) in [5.74, 6) is 0.466. The van der Waals surface area contributed by atoms with Gasteiger partial charge in [0, 0.05) is 12.6 Å². The molecule has 1 saturated carbocycles. The second kappa shape index (κ2) is 5.79. The largest absolute Gasteiger partial charge is 0.481 e. The van der Waals surface area contributed by atoms with E-state index in [9.17, 15) is 4.79 Å². The van der Waals surface area contributed by atoms with Crippen LogP contribution in [0.25, 0.3) is 0 Å². The van der Waals surface area contributed by atoms with Gasteiger partial charge in [0.2, 0.25) is 5.88 Å². The number of fused-ring (bicyclic) bond motifs is 1. The Balaban J connectivity index is 1.81. The molecule has 1 aliphatic heterocycles. The second-order valence-corrected chi connectivity index (χ2v) is 5.32. The second-order valence-electron chi connectivity index (χ2n) is 5.32. The smallest absolute Gasteiger partial charge is 0.273 e. The molecule has 2 atom stereocenters. The molecule has 1 aromatic rings. The summed E-state index contributed by atoms with van der Waals surface area (Å²) in [5.41, 5.74) is 0.454. The van der Waals surface area contributed by atoms with Crippen LogP contribution in [0, 0.1) is 0 Å². The van der Waals surface area contributed by atoms with Crippen molar-refractivity contribution in [3.63, 3.8) is 0 Å². The van der Waals surface area contributed by atoms with E-state index in [2.05, 4.69) is 4.98 Å². The first-order chi connectivity index (χ1) is 9.79. The van der Waals surface area contributed by atoms with Crippen molar-refractivity contribution in [1.82, 2.24) is 9.88 Å². The van der Waals surface area contributed by atoms with E-state index < -0.39 is 0 Å². The number of ether oxygens (including phenoxy) is 2. The van der Waals surface area contributed by atoms with Gasteiger partial charge in [0.15, 0.2) is 0 Å². The minimum atomic E-state index is -0.0101. The van der Waals surface area contributed by atoms with Gasteiger partial charge in [0.05, 0.1) is 25.9 Å². The molecule has 0 spiro atoms. The Bertz CT molecular complexity index is 490. The molecule has 0 radical (unpaired) electrons. The van der Waals surface area contributed by atoms with E-state index in [1.54, 1.807) is 25.3 Å². The van der Waals surface area contributed by atoms with E-state index >= 15 is 0 Å². The summed E-state index contributed by atoms with van der Waals surface area (Å²) >= 11 is 0. The lowest BCUT2D eigenvalue weighted by molar-refractivity contribution is -0.0754. The number of methoxy groups -OCH3 is 1. The van der Waals surface area contributed by atoms with Gasteiger partial charge in [-0.2, -0.15) is 0 Å². The summed E-state index contributed by atoms with van der Waals surface area (Å²) in [6.45, 7) is 1.27. The Morgan fingerprint density at radius 3 is 3.10 bits per heavy atom. The maximum absolute atomic E-state index is 12.7. The van der Waals surface area contributed by atoms with E-state index in [1.807, 2.05) is 4.90 Å². The average Bonchev–Trinajstić information content (AvgIpc) is 2.53. The molecule has 1 aliphatic carbocycles. The number of morpholine rings is 1. The zero-order valence-corrected chi connectivity index (χ0v) is 11.7. The highest BCUT2D eigenvalue weighted by atomic mass is 16.5. The van der Waals surface area contributed by atoms with E-state index in [4.69, 9.17) is 9.47 Å². The van der Waals surface area contributed by atoms with E-state index in [1.165, 1.54) is 12.8 Å². The van der Waals surface area contributed by atoms with Crippen LogP contribution in [-0.4, -0.2) is 48.2 Å². The Kier molecular flexibility index (Phi) is 3.87. The van der Waals surface area contributed by atoms with Gasteiger partial charge >= 0.3 is 0 Å². The zero-order chi connectivity index (χ0) is 13.9. The van der Waals surface area contributed by atoms with Crippen LogP contribution in [0.5, 0.6) is 5.88 Å². The van der Waals surface area contributed by atoms with Gasteiger partial charge in [-0.1, -0.05) is 18.9 Å². The third kappa shape index (κ3) is 2.50. The fourth-order valence-corrected chi connectivity index (χ4v) is 3.14. The topological polar surface area (TPSA) is 51.7 Å². The van der Waals surface area contributed by atoms with Crippen LogP contribution < -0.4 is 4.74 Å². The van der Waals surface area contributed by atoms with Gasteiger partial charge in [0.25, 0.3) is 5.91 Å². The molecule has 3 rings (SSSR count). The predicted octanol–water partition coefficient (Wildman–Crippen LogP) is 1.87. The van der Waals surface area contributed by atoms with Crippen molar-refractivity contribution < 1.29 is 14.3 Å². The maximum atomic E-state index is 12.7. The summed E-state index contributed by atoms with van der Waals surface area (Å²) in [4.78, 5) is 18.9. The normalized spacial score (nSPS) is 25.9. The molecule has 5 heteroatoms. The third-order valence-electron chi connectivity index (χ3n) is 4.14. The first-order valence-electron chi connectivity index (χ1n) is 7.23. The number of aromatic nitrogens is 1. The molecular formula is C15H20N2O3. The van der Waals surface area contributed by atoms with Crippen LogP contribution in [0.3, 0.4) is 0 Å².